The molecule has 2 N–H and O–H groups in total. The maximum absolute atomic E-state index is 12.7. The molecule has 2 rings (SSSR count). The Morgan fingerprint density at radius 2 is 1.95 bits per heavy atom. The van der Waals surface area contributed by atoms with Crippen LogP contribution in [0.15, 0.2) is 24.3 Å². The Morgan fingerprint density at radius 1 is 1.32 bits per heavy atom. The van der Waals surface area contributed by atoms with Crippen molar-refractivity contribution in [2.75, 3.05) is 18.4 Å². The molecule has 1 saturated carbocycles. The fraction of sp³-hybridized carbons (Fsp3) is 0.385. The molecule has 0 aliphatic heterocycles. The third kappa shape index (κ3) is 4.24. The van der Waals surface area contributed by atoms with E-state index in [2.05, 4.69) is 5.32 Å². The minimum atomic E-state index is -1.05. The second kappa shape index (κ2) is 5.69. The first-order chi connectivity index (χ1) is 9.04. The standard InChI is InChI=1S/C13H15FN2O3/c14-10-3-5-11(6-4-10)15-13(19)16(8-12(17)18)7-9-1-2-9/h3-6,9H,1-2,7-8H2,(H,15,19)(H,17,18). The Bertz CT molecular complexity index is 471. The Balaban J connectivity index is 1.97. The summed E-state index contributed by atoms with van der Waals surface area (Å²) in [6.45, 7) is 0.114. The van der Waals surface area contributed by atoms with Gasteiger partial charge in [0.2, 0.25) is 0 Å². The lowest BCUT2D eigenvalue weighted by Gasteiger charge is -2.21. The molecule has 0 saturated heterocycles. The van der Waals surface area contributed by atoms with Crippen LogP contribution in [-0.2, 0) is 4.79 Å². The molecule has 0 spiro atoms. The Labute approximate surface area is 110 Å². The van der Waals surface area contributed by atoms with Gasteiger partial charge in [0.15, 0.2) is 0 Å². The van der Waals surface area contributed by atoms with E-state index in [9.17, 15) is 14.0 Å². The number of carbonyl (C=O) groups is 2. The molecule has 0 aromatic heterocycles. The van der Waals surface area contributed by atoms with Crippen molar-refractivity contribution in [3.63, 3.8) is 0 Å². The van der Waals surface area contributed by atoms with Crippen LogP contribution in [0, 0.1) is 11.7 Å². The summed E-state index contributed by atoms with van der Waals surface area (Å²) in [6.07, 6.45) is 2.06. The first-order valence-corrected chi connectivity index (χ1v) is 6.08. The molecule has 1 fully saturated rings. The quantitative estimate of drug-likeness (QED) is 0.858. The van der Waals surface area contributed by atoms with Gasteiger partial charge >= 0.3 is 12.0 Å². The molecule has 6 heteroatoms. The largest absolute Gasteiger partial charge is 0.480 e. The lowest BCUT2D eigenvalue weighted by atomic mass is 10.3. The molecular weight excluding hydrogens is 251 g/mol. The van der Waals surface area contributed by atoms with Gasteiger partial charge in [0, 0.05) is 12.2 Å². The summed E-state index contributed by atoms with van der Waals surface area (Å²) < 4.78 is 12.7. The molecule has 19 heavy (non-hydrogen) atoms. The SMILES string of the molecule is O=C(O)CN(CC1CC1)C(=O)Nc1ccc(F)cc1. The summed E-state index contributed by atoms with van der Waals surface area (Å²) in [6, 6.07) is 4.86. The predicted molar refractivity (Wildman–Crippen MR) is 67.4 cm³/mol. The van der Waals surface area contributed by atoms with E-state index in [1.807, 2.05) is 0 Å². The molecule has 0 radical (unpaired) electrons. The van der Waals surface area contributed by atoms with Gasteiger partial charge in [-0.25, -0.2) is 9.18 Å². The van der Waals surface area contributed by atoms with Gasteiger partial charge in [-0.05, 0) is 43.0 Å². The lowest BCUT2D eigenvalue weighted by molar-refractivity contribution is -0.137. The smallest absolute Gasteiger partial charge is 0.323 e. The third-order valence-electron chi connectivity index (χ3n) is 2.88. The highest BCUT2D eigenvalue weighted by Crippen LogP contribution is 2.29. The molecular formula is C13H15FN2O3. The summed E-state index contributed by atoms with van der Waals surface area (Å²) in [5, 5.41) is 11.4. The second-order valence-corrected chi connectivity index (χ2v) is 4.65. The number of rotatable bonds is 5. The molecule has 0 atom stereocenters. The van der Waals surface area contributed by atoms with Crippen LogP contribution in [0.4, 0.5) is 14.9 Å². The summed E-state index contributed by atoms with van der Waals surface area (Å²) in [4.78, 5) is 24.0. The monoisotopic (exact) mass is 266 g/mol. The first-order valence-electron chi connectivity index (χ1n) is 6.08. The fourth-order valence-electron chi connectivity index (χ4n) is 1.73. The maximum atomic E-state index is 12.7. The topological polar surface area (TPSA) is 69.6 Å². The van der Waals surface area contributed by atoms with E-state index >= 15 is 0 Å². The number of hydrogen-bond donors (Lipinski definition) is 2. The summed E-state index contributed by atoms with van der Waals surface area (Å²) in [5.74, 6) is -1.04. The summed E-state index contributed by atoms with van der Waals surface area (Å²) in [5.41, 5.74) is 0.442. The van der Waals surface area contributed by atoms with Gasteiger partial charge < -0.3 is 15.3 Å². The highest BCUT2D eigenvalue weighted by Gasteiger charge is 2.27. The zero-order valence-electron chi connectivity index (χ0n) is 10.3. The van der Waals surface area contributed by atoms with Crippen molar-refractivity contribution in [2.24, 2.45) is 5.92 Å². The van der Waals surface area contributed by atoms with Gasteiger partial charge in [-0.1, -0.05) is 0 Å². The molecule has 1 aromatic carbocycles. The minimum Gasteiger partial charge on any atom is -0.480 e. The van der Waals surface area contributed by atoms with Crippen LogP contribution in [0.25, 0.3) is 0 Å². The maximum Gasteiger partial charge on any atom is 0.323 e. The molecule has 0 heterocycles. The number of aliphatic carboxylic acids is 1. The number of benzene rings is 1. The van der Waals surface area contributed by atoms with Crippen LogP contribution in [0.1, 0.15) is 12.8 Å². The highest BCUT2D eigenvalue weighted by atomic mass is 19.1. The molecule has 102 valence electrons. The molecule has 1 aliphatic carbocycles. The van der Waals surface area contributed by atoms with Crippen LogP contribution in [0.3, 0.4) is 0 Å². The Morgan fingerprint density at radius 3 is 2.47 bits per heavy atom. The summed E-state index contributed by atoms with van der Waals surface area (Å²) >= 11 is 0. The van der Waals surface area contributed by atoms with Gasteiger partial charge in [-0.2, -0.15) is 0 Å². The summed E-state index contributed by atoms with van der Waals surface area (Å²) in [7, 11) is 0. The minimum absolute atomic E-state index is 0.330. The van der Waals surface area contributed by atoms with Crippen molar-refractivity contribution in [1.29, 1.82) is 0 Å². The number of halogens is 1. The van der Waals surface area contributed by atoms with E-state index < -0.39 is 17.8 Å². The normalized spacial score (nSPS) is 13.9. The molecule has 0 bridgehead atoms. The second-order valence-electron chi connectivity index (χ2n) is 4.65. The van der Waals surface area contributed by atoms with Crippen molar-refractivity contribution in [2.45, 2.75) is 12.8 Å². The van der Waals surface area contributed by atoms with Crippen molar-refractivity contribution in [3.05, 3.63) is 30.1 Å². The van der Waals surface area contributed by atoms with Gasteiger partial charge in [0.05, 0.1) is 0 Å². The number of carboxylic acids is 1. The van der Waals surface area contributed by atoms with Crippen LogP contribution < -0.4 is 5.32 Å². The number of hydrogen-bond acceptors (Lipinski definition) is 2. The van der Waals surface area contributed by atoms with Gasteiger partial charge in [-0.15, -0.1) is 0 Å². The Hall–Kier alpha value is -2.11. The van der Waals surface area contributed by atoms with Crippen LogP contribution in [-0.4, -0.2) is 35.1 Å². The van der Waals surface area contributed by atoms with E-state index in [0.29, 0.717) is 18.2 Å². The average molecular weight is 266 g/mol. The zero-order chi connectivity index (χ0) is 13.8. The molecule has 2 amide bonds. The van der Waals surface area contributed by atoms with Crippen LogP contribution in [0.5, 0.6) is 0 Å². The van der Waals surface area contributed by atoms with E-state index in [1.165, 1.54) is 29.2 Å². The van der Waals surface area contributed by atoms with E-state index in [1.54, 1.807) is 0 Å². The molecule has 1 aliphatic rings. The predicted octanol–water partition coefficient (Wildman–Crippen LogP) is 2.15. The van der Waals surface area contributed by atoms with E-state index in [0.717, 1.165) is 12.8 Å². The van der Waals surface area contributed by atoms with E-state index in [4.69, 9.17) is 5.11 Å². The number of anilines is 1. The molecule has 0 unspecified atom stereocenters. The van der Waals surface area contributed by atoms with Crippen LogP contribution in [0.2, 0.25) is 0 Å². The lowest BCUT2D eigenvalue weighted by Crippen LogP contribution is -2.40. The number of nitrogens with one attached hydrogen (secondary N) is 1. The number of amides is 2. The Kier molecular flexibility index (Phi) is 3.99. The first kappa shape index (κ1) is 13.3. The average Bonchev–Trinajstić information content (AvgIpc) is 3.14. The third-order valence-corrected chi connectivity index (χ3v) is 2.88. The van der Waals surface area contributed by atoms with Crippen LogP contribution >= 0.6 is 0 Å². The zero-order valence-corrected chi connectivity index (χ0v) is 10.3. The highest BCUT2D eigenvalue weighted by molar-refractivity contribution is 5.91. The van der Waals surface area contributed by atoms with Crippen molar-refractivity contribution >= 4 is 17.7 Å². The molecule has 5 nitrogen and oxygen atoms in total. The van der Waals surface area contributed by atoms with Crippen molar-refractivity contribution < 1.29 is 19.1 Å². The number of nitrogens with zero attached hydrogens (tertiary/aromatic N) is 1. The van der Waals surface area contributed by atoms with Gasteiger partial charge in [-0.3, -0.25) is 4.79 Å². The molecule has 1 aromatic rings. The van der Waals surface area contributed by atoms with Crippen molar-refractivity contribution in [3.8, 4) is 0 Å². The number of urea groups is 1. The fourth-order valence-corrected chi connectivity index (χ4v) is 1.73. The van der Waals surface area contributed by atoms with Crippen molar-refractivity contribution in [1.82, 2.24) is 4.90 Å². The van der Waals surface area contributed by atoms with Gasteiger partial charge in [0.25, 0.3) is 0 Å². The van der Waals surface area contributed by atoms with E-state index in [-0.39, 0.29) is 6.54 Å². The number of carboxylic acid groups (broad SMARTS) is 1. The number of carbonyl (C=O) groups excluding carboxylic acids is 1. The van der Waals surface area contributed by atoms with Gasteiger partial charge in [0.1, 0.15) is 12.4 Å².